The number of piperidine rings is 1. The van der Waals surface area contributed by atoms with E-state index in [0.29, 0.717) is 18.4 Å². The largest absolute Gasteiger partial charge is 0.477 e. The van der Waals surface area contributed by atoms with Crippen LogP contribution in [0.1, 0.15) is 41.9 Å². The lowest BCUT2D eigenvalue weighted by molar-refractivity contribution is 0.0687. The van der Waals surface area contributed by atoms with E-state index < -0.39 is 0 Å². The summed E-state index contributed by atoms with van der Waals surface area (Å²) in [7, 11) is 0. The number of likely N-dealkylation sites (tertiary alicyclic amines) is 1. The van der Waals surface area contributed by atoms with Gasteiger partial charge in [0.2, 0.25) is 5.88 Å². The van der Waals surface area contributed by atoms with Crippen molar-refractivity contribution in [1.29, 1.82) is 0 Å². The van der Waals surface area contributed by atoms with Gasteiger partial charge in [-0.3, -0.25) is 4.79 Å². The summed E-state index contributed by atoms with van der Waals surface area (Å²) in [5.41, 5.74) is 0.937. The monoisotopic (exact) mass is 319 g/mol. The fourth-order valence-electron chi connectivity index (χ4n) is 3.01. The lowest BCUT2D eigenvalue weighted by Crippen LogP contribution is -2.38. The molecule has 5 nitrogen and oxygen atoms in total. The number of carbonyl (C=O) groups is 1. The Kier molecular flexibility index (Phi) is 4.29. The van der Waals surface area contributed by atoms with Crippen molar-refractivity contribution in [3.63, 3.8) is 0 Å². The first kappa shape index (κ1) is 15.2. The molecule has 1 amide bonds. The van der Waals surface area contributed by atoms with Gasteiger partial charge in [-0.15, -0.1) is 11.3 Å². The Balaban J connectivity index is 1.99. The number of nitrogens with zero attached hydrogens (tertiary/aromatic N) is 3. The predicted molar refractivity (Wildman–Crippen MR) is 87.6 cm³/mol. The molecule has 0 radical (unpaired) electrons. The molecule has 3 rings (SSSR count). The highest BCUT2D eigenvalue weighted by Gasteiger charge is 2.26. The molecule has 22 heavy (non-hydrogen) atoms. The normalized spacial score (nSPS) is 18.7. The van der Waals surface area contributed by atoms with Crippen LogP contribution >= 0.6 is 11.3 Å². The minimum Gasteiger partial charge on any atom is -0.477 e. The Hall–Kier alpha value is -1.69. The van der Waals surface area contributed by atoms with Gasteiger partial charge in [0.1, 0.15) is 11.2 Å². The van der Waals surface area contributed by atoms with E-state index in [1.807, 2.05) is 18.7 Å². The molecule has 0 N–H and O–H groups in total. The average molecular weight is 319 g/mol. The van der Waals surface area contributed by atoms with Crippen LogP contribution in [0.5, 0.6) is 5.88 Å². The summed E-state index contributed by atoms with van der Waals surface area (Å²) in [5, 5.41) is 0.878. The molecule has 1 aliphatic heterocycles. The molecule has 6 heteroatoms. The van der Waals surface area contributed by atoms with E-state index in [2.05, 4.69) is 16.9 Å². The van der Waals surface area contributed by atoms with Crippen molar-refractivity contribution in [3.05, 3.63) is 16.8 Å². The fraction of sp³-hybridized carbons (Fsp3) is 0.562. The Morgan fingerprint density at radius 1 is 1.50 bits per heavy atom. The lowest BCUT2D eigenvalue weighted by atomic mass is 10.00. The van der Waals surface area contributed by atoms with E-state index in [1.54, 1.807) is 0 Å². The number of thiophene rings is 1. The Bertz CT molecular complexity index is 698. The summed E-state index contributed by atoms with van der Waals surface area (Å²) in [6.45, 7) is 8.34. The molecule has 1 atom stereocenters. The summed E-state index contributed by atoms with van der Waals surface area (Å²) >= 11 is 1.44. The molecule has 0 aromatic carbocycles. The van der Waals surface area contributed by atoms with Crippen molar-refractivity contribution in [2.45, 2.75) is 33.6 Å². The summed E-state index contributed by atoms with van der Waals surface area (Å²) in [6.07, 6.45) is 3.79. The lowest BCUT2D eigenvalue weighted by Gasteiger charge is -2.30. The van der Waals surface area contributed by atoms with Crippen molar-refractivity contribution in [2.24, 2.45) is 5.92 Å². The maximum absolute atomic E-state index is 12.9. The highest BCUT2D eigenvalue weighted by Crippen LogP contribution is 2.35. The second-order valence-electron chi connectivity index (χ2n) is 5.85. The van der Waals surface area contributed by atoms with E-state index >= 15 is 0 Å². The van der Waals surface area contributed by atoms with Gasteiger partial charge in [-0.05, 0) is 38.2 Å². The van der Waals surface area contributed by atoms with Gasteiger partial charge in [-0.2, -0.15) is 0 Å². The first-order chi connectivity index (χ1) is 10.6. The van der Waals surface area contributed by atoms with Gasteiger partial charge in [0.05, 0.1) is 16.9 Å². The van der Waals surface area contributed by atoms with E-state index in [-0.39, 0.29) is 5.91 Å². The zero-order valence-electron chi connectivity index (χ0n) is 13.3. The summed E-state index contributed by atoms with van der Waals surface area (Å²) in [5.74, 6) is 1.27. The highest BCUT2D eigenvalue weighted by molar-refractivity contribution is 7.20. The highest BCUT2D eigenvalue weighted by atomic mass is 32.1. The van der Waals surface area contributed by atoms with Gasteiger partial charge in [0.15, 0.2) is 0 Å². The third kappa shape index (κ3) is 2.67. The van der Waals surface area contributed by atoms with Crippen molar-refractivity contribution in [2.75, 3.05) is 19.7 Å². The van der Waals surface area contributed by atoms with Gasteiger partial charge in [-0.1, -0.05) is 6.92 Å². The van der Waals surface area contributed by atoms with Crippen LogP contribution in [0.4, 0.5) is 0 Å². The molecule has 118 valence electrons. The minimum atomic E-state index is 0.120. The van der Waals surface area contributed by atoms with Crippen LogP contribution in [0.15, 0.2) is 6.33 Å². The second-order valence-corrected chi connectivity index (χ2v) is 6.85. The summed E-state index contributed by atoms with van der Waals surface area (Å²) in [4.78, 5) is 24.9. The third-order valence-corrected chi connectivity index (χ3v) is 5.30. The van der Waals surface area contributed by atoms with Crippen LogP contribution in [0.2, 0.25) is 0 Å². The third-order valence-electron chi connectivity index (χ3n) is 4.11. The molecule has 1 fully saturated rings. The Morgan fingerprint density at radius 3 is 3.05 bits per heavy atom. The smallest absolute Gasteiger partial charge is 0.264 e. The molecule has 1 unspecified atom stereocenters. The molecule has 2 aromatic rings. The van der Waals surface area contributed by atoms with Crippen molar-refractivity contribution in [3.8, 4) is 5.88 Å². The van der Waals surface area contributed by atoms with Crippen LogP contribution in [-0.2, 0) is 0 Å². The summed E-state index contributed by atoms with van der Waals surface area (Å²) in [6, 6.07) is 0. The van der Waals surface area contributed by atoms with Crippen LogP contribution < -0.4 is 4.74 Å². The van der Waals surface area contributed by atoms with Crippen molar-refractivity contribution >= 4 is 27.5 Å². The van der Waals surface area contributed by atoms with Crippen molar-refractivity contribution < 1.29 is 9.53 Å². The van der Waals surface area contributed by atoms with Gasteiger partial charge < -0.3 is 9.64 Å². The summed E-state index contributed by atoms with van der Waals surface area (Å²) < 4.78 is 5.59. The second kappa shape index (κ2) is 6.20. The molecule has 3 heterocycles. The molecule has 0 saturated carbocycles. The SMILES string of the molecule is CCOc1ncnc2sc(C(=O)N3CCCC(C)C3)c(C)c12. The molecule has 1 saturated heterocycles. The molecule has 1 aliphatic rings. The van der Waals surface area contributed by atoms with Crippen LogP contribution in [0, 0.1) is 12.8 Å². The number of aryl methyl sites for hydroxylation is 1. The minimum absolute atomic E-state index is 0.120. The standard InChI is InChI=1S/C16H21N3O2S/c1-4-21-14-12-11(3)13(22-15(12)18-9-17-14)16(20)19-7-5-6-10(2)8-19/h9-10H,4-8H2,1-3H3. The first-order valence-corrected chi connectivity index (χ1v) is 8.59. The number of ether oxygens (including phenoxy) is 1. The van der Waals surface area contributed by atoms with Crippen LogP contribution in [-0.4, -0.2) is 40.5 Å². The van der Waals surface area contributed by atoms with Gasteiger partial charge in [0.25, 0.3) is 5.91 Å². The van der Waals surface area contributed by atoms with E-state index in [9.17, 15) is 4.79 Å². The fourth-order valence-corrected chi connectivity index (χ4v) is 4.11. The average Bonchev–Trinajstić information content (AvgIpc) is 2.85. The number of amides is 1. The molecule has 0 aliphatic carbocycles. The van der Waals surface area contributed by atoms with Gasteiger partial charge >= 0.3 is 0 Å². The molecular weight excluding hydrogens is 298 g/mol. The number of fused-ring (bicyclic) bond motifs is 1. The van der Waals surface area contributed by atoms with Gasteiger partial charge in [-0.25, -0.2) is 9.97 Å². The molecule has 0 bridgehead atoms. The Labute approximate surface area is 134 Å². The van der Waals surface area contributed by atoms with E-state index in [0.717, 1.165) is 40.2 Å². The Morgan fingerprint density at radius 2 is 2.32 bits per heavy atom. The van der Waals surface area contributed by atoms with Crippen molar-refractivity contribution in [1.82, 2.24) is 14.9 Å². The van der Waals surface area contributed by atoms with Crippen LogP contribution in [0.3, 0.4) is 0 Å². The topological polar surface area (TPSA) is 55.3 Å². The van der Waals surface area contributed by atoms with Gasteiger partial charge in [0, 0.05) is 13.1 Å². The number of rotatable bonds is 3. The number of hydrogen-bond acceptors (Lipinski definition) is 5. The molecule has 2 aromatic heterocycles. The first-order valence-electron chi connectivity index (χ1n) is 7.78. The maximum atomic E-state index is 12.9. The van der Waals surface area contributed by atoms with E-state index in [4.69, 9.17) is 4.74 Å². The number of aromatic nitrogens is 2. The van der Waals surface area contributed by atoms with Crippen LogP contribution in [0.25, 0.3) is 10.2 Å². The molecule has 0 spiro atoms. The zero-order valence-corrected chi connectivity index (χ0v) is 14.1. The number of carbonyl (C=O) groups excluding carboxylic acids is 1. The van der Waals surface area contributed by atoms with E-state index in [1.165, 1.54) is 24.1 Å². The zero-order chi connectivity index (χ0) is 15.7. The maximum Gasteiger partial charge on any atom is 0.264 e. The quantitative estimate of drug-likeness (QED) is 0.871. The predicted octanol–water partition coefficient (Wildman–Crippen LogP) is 3.27. The number of hydrogen-bond donors (Lipinski definition) is 0. The molecular formula is C16H21N3O2S.